The SMILES string of the molecule is CC.Nc1nc2cc(-c3ccc4ncc(NCCN5CCOCC5)nc4c3)ccc2o1. The van der Waals surface area contributed by atoms with Gasteiger partial charge in [-0.15, -0.1) is 0 Å². The Morgan fingerprint density at radius 2 is 1.71 bits per heavy atom. The summed E-state index contributed by atoms with van der Waals surface area (Å²) < 4.78 is 10.7. The molecule has 162 valence electrons. The van der Waals surface area contributed by atoms with Crippen molar-refractivity contribution in [1.29, 1.82) is 0 Å². The fraction of sp³-hybridized carbons (Fsp3) is 0.348. The van der Waals surface area contributed by atoms with Gasteiger partial charge in [0, 0.05) is 26.2 Å². The fourth-order valence-electron chi connectivity index (χ4n) is 3.57. The highest BCUT2D eigenvalue weighted by Gasteiger charge is 2.10. The summed E-state index contributed by atoms with van der Waals surface area (Å²) in [7, 11) is 0. The van der Waals surface area contributed by atoms with Gasteiger partial charge in [-0.3, -0.25) is 9.88 Å². The Morgan fingerprint density at radius 1 is 0.968 bits per heavy atom. The van der Waals surface area contributed by atoms with Crippen molar-refractivity contribution >= 4 is 34.0 Å². The van der Waals surface area contributed by atoms with E-state index in [1.807, 2.05) is 50.2 Å². The van der Waals surface area contributed by atoms with E-state index in [4.69, 9.17) is 19.9 Å². The van der Waals surface area contributed by atoms with Crippen LogP contribution in [0.15, 0.2) is 47.0 Å². The summed E-state index contributed by atoms with van der Waals surface area (Å²) in [6.07, 6.45) is 1.78. The van der Waals surface area contributed by atoms with E-state index in [1.165, 1.54) is 0 Å². The Kier molecular flexibility index (Phi) is 6.59. The molecule has 0 spiro atoms. The number of oxazole rings is 1. The van der Waals surface area contributed by atoms with Gasteiger partial charge in [0.1, 0.15) is 11.3 Å². The molecule has 1 saturated heterocycles. The van der Waals surface area contributed by atoms with Crippen molar-refractivity contribution in [3.05, 3.63) is 42.6 Å². The lowest BCUT2D eigenvalue weighted by Gasteiger charge is -2.26. The van der Waals surface area contributed by atoms with Gasteiger partial charge in [0.25, 0.3) is 6.01 Å². The molecule has 31 heavy (non-hydrogen) atoms. The molecule has 0 unspecified atom stereocenters. The molecule has 0 bridgehead atoms. The number of anilines is 2. The second-order valence-corrected chi connectivity index (χ2v) is 7.07. The average molecular weight is 421 g/mol. The molecular weight excluding hydrogens is 392 g/mol. The van der Waals surface area contributed by atoms with Crippen molar-refractivity contribution < 1.29 is 9.15 Å². The summed E-state index contributed by atoms with van der Waals surface area (Å²) in [4.78, 5) is 15.9. The van der Waals surface area contributed by atoms with Crippen LogP contribution in [0.5, 0.6) is 0 Å². The Labute approximate surface area is 181 Å². The first-order chi connectivity index (χ1) is 15.2. The lowest BCUT2D eigenvalue weighted by Crippen LogP contribution is -2.39. The molecular formula is C23H28N6O2. The number of nitrogens with two attached hydrogens (primary N) is 1. The lowest BCUT2D eigenvalue weighted by molar-refractivity contribution is 0.0398. The Hall–Kier alpha value is -3.23. The normalized spacial score (nSPS) is 14.4. The molecule has 0 aliphatic carbocycles. The molecule has 0 atom stereocenters. The van der Waals surface area contributed by atoms with E-state index >= 15 is 0 Å². The molecule has 3 N–H and O–H groups in total. The Balaban J connectivity index is 0.00000112. The third-order valence-corrected chi connectivity index (χ3v) is 5.12. The second kappa shape index (κ2) is 9.72. The molecule has 2 aromatic carbocycles. The third kappa shape index (κ3) is 4.92. The van der Waals surface area contributed by atoms with Crippen LogP contribution in [-0.2, 0) is 4.74 Å². The van der Waals surface area contributed by atoms with Gasteiger partial charge in [-0.25, -0.2) is 4.98 Å². The highest BCUT2D eigenvalue weighted by Crippen LogP contribution is 2.27. The summed E-state index contributed by atoms with van der Waals surface area (Å²) in [5.41, 5.74) is 10.8. The van der Waals surface area contributed by atoms with Gasteiger partial charge >= 0.3 is 0 Å². The number of ether oxygens (including phenoxy) is 1. The smallest absolute Gasteiger partial charge is 0.292 e. The zero-order chi connectivity index (χ0) is 21.6. The average Bonchev–Trinajstić information content (AvgIpc) is 3.20. The van der Waals surface area contributed by atoms with Gasteiger partial charge in [0.2, 0.25) is 0 Å². The van der Waals surface area contributed by atoms with Crippen LogP contribution in [0.3, 0.4) is 0 Å². The van der Waals surface area contributed by atoms with Crippen molar-refractivity contribution in [2.75, 3.05) is 50.4 Å². The number of rotatable bonds is 5. The van der Waals surface area contributed by atoms with Crippen LogP contribution in [-0.4, -0.2) is 59.2 Å². The molecule has 1 fully saturated rings. The number of hydrogen-bond donors (Lipinski definition) is 2. The zero-order valence-electron chi connectivity index (χ0n) is 18.0. The topological polar surface area (TPSA) is 102 Å². The predicted molar refractivity (Wildman–Crippen MR) is 124 cm³/mol. The molecule has 5 rings (SSSR count). The van der Waals surface area contributed by atoms with E-state index in [1.54, 1.807) is 6.20 Å². The van der Waals surface area contributed by atoms with Gasteiger partial charge < -0.3 is 20.2 Å². The van der Waals surface area contributed by atoms with Crippen LogP contribution >= 0.6 is 0 Å². The van der Waals surface area contributed by atoms with Gasteiger partial charge in [-0.05, 0) is 35.4 Å². The van der Waals surface area contributed by atoms with Crippen molar-refractivity contribution in [3.63, 3.8) is 0 Å². The number of nitrogens with one attached hydrogen (secondary N) is 1. The minimum Gasteiger partial charge on any atom is -0.424 e. The van der Waals surface area contributed by atoms with Gasteiger partial charge in [0.15, 0.2) is 5.58 Å². The molecule has 8 heteroatoms. The largest absolute Gasteiger partial charge is 0.424 e. The molecule has 0 radical (unpaired) electrons. The third-order valence-electron chi connectivity index (χ3n) is 5.12. The number of nitrogen functional groups attached to an aromatic ring is 1. The van der Waals surface area contributed by atoms with E-state index in [0.29, 0.717) is 5.58 Å². The number of morpholine rings is 1. The quantitative estimate of drug-likeness (QED) is 0.503. The zero-order valence-corrected chi connectivity index (χ0v) is 18.0. The number of fused-ring (bicyclic) bond motifs is 2. The minimum atomic E-state index is 0.175. The molecule has 1 aliphatic rings. The maximum Gasteiger partial charge on any atom is 0.292 e. The van der Waals surface area contributed by atoms with Crippen molar-refractivity contribution in [3.8, 4) is 11.1 Å². The first-order valence-corrected chi connectivity index (χ1v) is 10.7. The van der Waals surface area contributed by atoms with Gasteiger partial charge in [-0.2, -0.15) is 4.98 Å². The van der Waals surface area contributed by atoms with Crippen LogP contribution < -0.4 is 11.1 Å². The van der Waals surface area contributed by atoms with E-state index < -0.39 is 0 Å². The predicted octanol–water partition coefficient (Wildman–Crippen LogP) is 3.79. The van der Waals surface area contributed by atoms with Crippen molar-refractivity contribution in [2.45, 2.75) is 13.8 Å². The Bertz CT molecular complexity index is 1150. The van der Waals surface area contributed by atoms with Crippen molar-refractivity contribution in [2.24, 2.45) is 0 Å². The highest BCUT2D eigenvalue weighted by atomic mass is 16.5. The fourth-order valence-corrected chi connectivity index (χ4v) is 3.57. The highest BCUT2D eigenvalue weighted by molar-refractivity contribution is 5.86. The molecule has 0 saturated carbocycles. The maximum atomic E-state index is 5.65. The van der Waals surface area contributed by atoms with Crippen LogP contribution in [0.1, 0.15) is 13.8 Å². The number of nitrogens with zero attached hydrogens (tertiary/aromatic N) is 4. The lowest BCUT2D eigenvalue weighted by atomic mass is 10.0. The maximum absolute atomic E-state index is 5.65. The first-order valence-electron chi connectivity index (χ1n) is 10.7. The van der Waals surface area contributed by atoms with Crippen LogP contribution in [0.2, 0.25) is 0 Å². The van der Waals surface area contributed by atoms with E-state index in [-0.39, 0.29) is 6.01 Å². The van der Waals surface area contributed by atoms with E-state index in [9.17, 15) is 0 Å². The summed E-state index contributed by atoms with van der Waals surface area (Å²) in [5, 5.41) is 3.38. The van der Waals surface area contributed by atoms with Crippen LogP contribution in [0.25, 0.3) is 33.3 Å². The monoisotopic (exact) mass is 420 g/mol. The Morgan fingerprint density at radius 3 is 2.52 bits per heavy atom. The number of hydrogen-bond acceptors (Lipinski definition) is 8. The minimum absolute atomic E-state index is 0.175. The van der Waals surface area contributed by atoms with Crippen molar-refractivity contribution in [1.82, 2.24) is 19.9 Å². The molecule has 0 amide bonds. The summed E-state index contributed by atoms with van der Waals surface area (Å²) >= 11 is 0. The standard InChI is InChI=1S/C21H22N6O2.C2H6/c22-21-26-18-12-15(2-4-19(18)29-21)14-1-3-16-17(11-14)25-20(13-24-16)23-5-6-27-7-9-28-10-8-27;1-2/h1-4,11-13H,5-10H2,(H2,22,26)(H,23,25);1-2H3. The second-order valence-electron chi connectivity index (χ2n) is 7.07. The molecule has 3 heterocycles. The van der Waals surface area contributed by atoms with Crippen LogP contribution in [0, 0.1) is 0 Å². The van der Waals surface area contributed by atoms with E-state index in [2.05, 4.69) is 20.2 Å². The van der Waals surface area contributed by atoms with Gasteiger partial charge in [0.05, 0.1) is 30.4 Å². The summed E-state index contributed by atoms with van der Waals surface area (Å²) in [6, 6.07) is 12.1. The molecule has 8 nitrogen and oxygen atoms in total. The molecule has 4 aromatic rings. The number of aromatic nitrogens is 3. The summed E-state index contributed by atoms with van der Waals surface area (Å²) in [6.45, 7) is 9.37. The van der Waals surface area contributed by atoms with Gasteiger partial charge in [-0.1, -0.05) is 26.0 Å². The van der Waals surface area contributed by atoms with Crippen LogP contribution in [0.4, 0.5) is 11.8 Å². The molecule has 1 aliphatic heterocycles. The number of benzene rings is 2. The summed E-state index contributed by atoms with van der Waals surface area (Å²) in [5.74, 6) is 0.780. The van der Waals surface area contributed by atoms with E-state index in [0.717, 1.165) is 72.9 Å². The molecule has 2 aromatic heterocycles. The first kappa shape index (κ1) is 21.0.